The number of fused-ring (bicyclic) bond motifs is 2. The second-order valence-corrected chi connectivity index (χ2v) is 11.4. The number of alkyl carbamates (subject to hydrolysis) is 1. The Balaban J connectivity index is 1.72. The van der Waals surface area contributed by atoms with Crippen molar-refractivity contribution in [3.8, 4) is 11.5 Å². The van der Waals surface area contributed by atoms with Crippen molar-refractivity contribution in [2.75, 3.05) is 19.8 Å². The van der Waals surface area contributed by atoms with Crippen molar-refractivity contribution in [1.29, 1.82) is 0 Å². The van der Waals surface area contributed by atoms with Gasteiger partial charge >= 0.3 is 6.09 Å². The van der Waals surface area contributed by atoms with Crippen LogP contribution in [0, 0.1) is 0 Å². The summed E-state index contributed by atoms with van der Waals surface area (Å²) in [5.41, 5.74) is 2.54. The third-order valence-electron chi connectivity index (χ3n) is 7.11. The van der Waals surface area contributed by atoms with Gasteiger partial charge in [0.15, 0.2) is 11.5 Å². The molecule has 228 valence electrons. The van der Waals surface area contributed by atoms with Gasteiger partial charge in [0.05, 0.1) is 25.3 Å². The molecule has 2 aromatic rings. The van der Waals surface area contributed by atoms with Crippen LogP contribution >= 0.6 is 0 Å². The van der Waals surface area contributed by atoms with E-state index in [9.17, 15) is 14.4 Å². The average Bonchev–Trinajstić information content (AvgIpc) is 2.98. The lowest BCUT2D eigenvalue weighted by atomic mass is 9.87. The van der Waals surface area contributed by atoms with Crippen LogP contribution in [0.3, 0.4) is 0 Å². The number of ether oxygens (including phenoxy) is 4. The molecule has 2 aliphatic heterocycles. The molecule has 9 nitrogen and oxygen atoms in total. The van der Waals surface area contributed by atoms with Crippen LogP contribution in [0.1, 0.15) is 49.9 Å². The van der Waals surface area contributed by atoms with E-state index in [0.717, 1.165) is 23.0 Å². The number of benzene rings is 2. The van der Waals surface area contributed by atoms with Gasteiger partial charge in [-0.05, 0) is 55.2 Å². The topological polar surface area (TPSA) is 103 Å². The molecule has 0 aliphatic carbocycles. The van der Waals surface area contributed by atoms with Crippen molar-refractivity contribution in [3.63, 3.8) is 0 Å². The van der Waals surface area contributed by atoms with Gasteiger partial charge in [-0.15, -0.1) is 0 Å². The summed E-state index contributed by atoms with van der Waals surface area (Å²) in [7, 11) is 0. The Morgan fingerprint density at radius 2 is 1.81 bits per heavy atom. The highest BCUT2D eigenvalue weighted by molar-refractivity contribution is 5.89. The van der Waals surface area contributed by atoms with E-state index in [-0.39, 0.29) is 19.4 Å². The predicted molar refractivity (Wildman–Crippen MR) is 163 cm³/mol. The molecule has 0 saturated heterocycles. The van der Waals surface area contributed by atoms with E-state index in [1.54, 1.807) is 39.0 Å². The normalized spacial score (nSPS) is 18.6. The maximum atomic E-state index is 14.5. The second kappa shape index (κ2) is 14.2. The van der Waals surface area contributed by atoms with E-state index in [1.807, 2.05) is 42.5 Å². The molecule has 0 bridgehead atoms. The van der Waals surface area contributed by atoms with Crippen LogP contribution in [-0.2, 0) is 32.1 Å². The molecule has 2 heterocycles. The number of hydrogen-bond donors (Lipinski definition) is 1. The highest BCUT2D eigenvalue weighted by Crippen LogP contribution is 2.41. The molecule has 0 spiro atoms. The first-order valence-electron chi connectivity index (χ1n) is 14.4. The maximum Gasteiger partial charge on any atom is 0.408 e. The average molecular weight is 589 g/mol. The molecule has 2 amide bonds. The zero-order valence-corrected chi connectivity index (χ0v) is 25.0. The number of nitrogens with one attached hydrogen (secondary N) is 1. The van der Waals surface area contributed by atoms with Crippen LogP contribution in [0.2, 0.25) is 0 Å². The summed E-state index contributed by atoms with van der Waals surface area (Å²) < 4.78 is 23.3. The smallest absolute Gasteiger partial charge is 0.408 e. The molecule has 0 fully saturated rings. The standard InChI is InChI=1S/C34H40N2O7/c1-6-11-23(7-2)16-28(35-33(39)43-34(3,4)5)32(38)36-26(20-37)17-25-18-30-31(42-15-14-41-30)19-27(25)29(36)22-40-21-24-12-9-8-10-13-24/h6-13,18-20,26,28-29H,1-2,14-17,21-22H2,3-5H3,(H,35,39)/b23-11+/t26-,28-,29-/m0/s1. The zero-order chi connectivity index (χ0) is 31.0. The summed E-state index contributed by atoms with van der Waals surface area (Å²) >= 11 is 0. The van der Waals surface area contributed by atoms with Gasteiger partial charge in [-0.3, -0.25) is 4.79 Å². The van der Waals surface area contributed by atoms with Crippen LogP contribution in [-0.4, -0.2) is 60.7 Å². The van der Waals surface area contributed by atoms with Gasteiger partial charge in [-0.25, -0.2) is 4.79 Å². The highest BCUT2D eigenvalue weighted by atomic mass is 16.6. The lowest BCUT2D eigenvalue weighted by Crippen LogP contribution is -2.57. The summed E-state index contributed by atoms with van der Waals surface area (Å²) in [4.78, 5) is 41.5. The fourth-order valence-corrected chi connectivity index (χ4v) is 5.24. The van der Waals surface area contributed by atoms with Crippen LogP contribution in [0.15, 0.2) is 79.4 Å². The Kier molecular flexibility index (Phi) is 10.4. The van der Waals surface area contributed by atoms with Crippen LogP contribution < -0.4 is 14.8 Å². The quantitative estimate of drug-likeness (QED) is 0.283. The van der Waals surface area contributed by atoms with E-state index >= 15 is 0 Å². The van der Waals surface area contributed by atoms with Crippen molar-refractivity contribution in [2.24, 2.45) is 0 Å². The first-order valence-corrected chi connectivity index (χ1v) is 14.4. The number of hydrogen-bond acceptors (Lipinski definition) is 7. The Bertz CT molecular complexity index is 1360. The molecule has 1 N–H and O–H groups in total. The number of allylic oxidation sites excluding steroid dienone is 3. The lowest BCUT2D eigenvalue weighted by Gasteiger charge is -2.43. The molecule has 2 aromatic carbocycles. The van der Waals surface area contributed by atoms with Crippen LogP contribution in [0.25, 0.3) is 0 Å². The number of carbonyl (C=O) groups excluding carboxylic acids is 3. The zero-order valence-electron chi connectivity index (χ0n) is 25.0. The van der Waals surface area contributed by atoms with E-state index in [4.69, 9.17) is 18.9 Å². The van der Waals surface area contributed by atoms with Crippen molar-refractivity contribution in [1.82, 2.24) is 10.2 Å². The Hall–Kier alpha value is -4.37. The number of carbonyl (C=O) groups is 3. The number of rotatable bonds is 11. The molecule has 0 aromatic heterocycles. The summed E-state index contributed by atoms with van der Waals surface area (Å²) in [5, 5.41) is 2.74. The Labute approximate surface area is 253 Å². The van der Waals surface area contributed by atoms with Gasteiger partial charge in [0.25, 0.3) is 0 Å². The van der Waals surface area contributed by atoms with Gasteiger partial charge in [0, 0.05) is 12.8 Å². The lowest BCUT2D eigenvalue weighted by molar-refractivity contribution is -0.144. The number of nitrogens with zero attached hydrogens (tertiary/aromatic N) is 1. The third kappa shape index (κ3) is 8.14. The van der Waals surface area contributed by atoms with Crippen LogP contribution in [0.4, 0.5) is 4.79 Å². The minimum Gasteiger partial charge on any atom is -0.486 e. The van der Waals surface area contributed by atoms with Gasteiger partial charge in [-0.2, -0.15) is 0 Å². The largest absolute Gasteiger partial charge is 0.486 e. The highest BCUT2D eigenvalue weighted by Gasteiger charge is 2.42. The summed E-state index contributed by atoms with van der Waals surface area (Å²) in [6.45, 7) is 14.1. The van der Waals surface area contributed by atoms with E-state index < -0.39 is 35.7 Å². The monoisotopic (exact) mass is 588 g/mol. The molecule has 9 heteroatoms. The van der Waals surface area contributed by atoms with Gasteiger partial charge in [-0.1, -0.05) is 61.7 Å². The molecular formula is C34H40N2O7. The first kappa shape index (κ1) is 31.6. The van der Waals surface area contributed by atoms with Crippen molar-refractivity contribution >= 4 is 18.3 Å². The number of aldehydes is 1. The molecule has 4 rings (SSSR count). The molecule has 43 heavy (non-hydrogen) atoms. The fraction of sp³-hybridized carbons (Fsp3) is 0.382. The van der Waals surface area contributed by atoms with E-state index in [1.165, 1.54) is 4.90 Å². The molecule has 0 saturated carbocycles. The summed E-state index contributed by atoms with van der Waals surface area (Å²) in [6.07, 6.45) is 5.31. The minimum atomic E-state index is -1.06. The van der Waals surface area contributed by atoms with Crippen molar-refractivity contribution in [2.45, 2.75) is 63.9 Å². The van der Waals surface area contributed by atoms with Crippen molar-refractivity contribution < 1.29 is 33.3 Å². The van der Waals surface area contributed by atoms with Gasteiger partial charge in [0.2, 0.25) is 5.91 Å². The first-order chi connectivity index (χ1) is 20.6. The minimum absolute atomic E-state index is 0.105. The molecular weight excluding hydrogens is 548 g/mol. The molecule has 2 aliphatic rings. The predicted octanol–water partition coefficient (Wildman–Crippen LogP) is 5.25. The van der Waals surface area contributed by atoms with Gasteiger partial charge < -0.3 is 34.0 Å². The Morgan fingerprint density at radius 1 is 1.12 bits per heavy atom. The summed E-state index contributed by atoms with van der Waals surface area (Å²) in [6, 6.07) is 10.9. The summed E-state index contributed by atoms with van der Waals surface area (Å²) in [5.74, 6) is 0.725. The van der Waals surface area contributed by atoms with E-state index in [2.05, 4.69) is 18.5 Å². The van der Waals surface area contributed by atoms with Gasteiger partial charge in [0.1, 0.15) is 31.1 Å². The van der Waals surface area contributed by atoms with Crippen molar-refractivity contribution in [3.05, 3.63) is 96.1 Å². The van der Waals surface area contributed by atoms with E-state index in [0.29, 0.717) is 36.9 Å². The SMILES string of the molecule is C=C/C=C(\C=C)C[C@H](NC(=O)OC(C)(C)C)C(=O)N1[C@H](C=O)Cc2cc3c(cc2[C@@H]1COCc1ccccc1)OCCO3. The third-order valence-corrected chi connectivity index (χ3v) is 7.11. The molecule has 0 radical (unpaired) electrons. The number of amides is 2. The second-order valence-electron chi connectivity index (χ2n) is 11.4. The fourth-order valence-electron chi connectivity index (χ4n) is 5.24. The Morgan fingerprint density at radius 3 is 2.44 bits per heavy atom. The van der Waals surface area contributed by atoms with Crippen LogP contribution in [0.5, 0.6) is 11.5 Å². The maximum absolute atomic E-state index is 14.5. The molecule has 0 unspecified atom stereocenters. The molecule has 3 atom stereocenters.